The number of nitrogens with one attached hydrogen (secondary N) is 1. The van der Waals surface area contributed by atoms with Crippen molar-refractivity contribution in [2.24, 2.45) is 11.8 Å². The molecule has 1 aromatic rings. The van der Waals surface area contributed by atoms with Crippen LogP contribution in [0.5, 0.6) is 0 Å². The lowest BCUT2D eigenvalue weighted by Gasteiger charge is -2.55. The van der Waals surface area contributed by atoms with Crippen molar-refractivity contribution >= 4 is 11.7 Å². The van der Waals surface area contributed by atoms with Crippen LogP contribution in [0.15, 0.2) is 18.2 Å². The van der Waals surface area contributed by atoms with E-state index in [9.17, 15) is 31.1 Å². The fraction of sp³-hybridized carbons (Fsp3) is 0.600. The lowest BCUT2D eigenvalue weighted by atomic mass is 9.69. The van der Waals surface area contributed by atoms with E-state index in [0.717, 1.165) is 12.1 Å². The van der Waals surface area contributed by atoms with Crippen molar-refractivity contribution in [2.45, 2.75) is 62.5 Å². The molecule has 2 amide bonds. The van der Waals surface area contributed by atoms with Crippen LogP contribution in [-0.2, 0) is 6.18 Å². The molecule has 0 spiro atoms. The molecule has 4 atom stereocenters. The number of benzene rings is 1. The summed E-state index contributed by atoms with van der Waals surface area (Å²) < 4.78 is 79.0. The third kappa shape index (κ3) is 3.59. The van der Waals surface area contributed by atoms with Gasteiger partial charge in [-0.2, -0.15) is 31.6 Å². The number of hydrogen-bond acceptors (Lipinski definition) is 2. The summed E-state index contributed by atoms with van der Waals surface area (Å²) in [6.45, 7) is 0. The Bertz CT molecular complexity index is 878. The molecule has 2 bridgehead atoms. The summed E-state index contributed by atoms with van der Waals surface area (Å²) >= 11 is 0. The van der Waals surface area contributed by atoms with E-state index in [2.05, 4.69) is 5.32 Å². The van der Waals surface area contributed by atoms with Crippen LogP contribution < -0.4 is 5.32 Å². The van der Waals surface area contributed by atoms with Gasteiger partial charge in [0, 0.05) is 23.7 Å². The summed E-state index contributed by atoms with van der Waals surface area (Å²) in [6, 6.07) is 3.64. The molecular formula is C20H19F6N3O. The van der Waals surface area contributed by atoms with Crippen molar-refractivity contribution in [2.75, 3.05) is 5.32 Å². The SMILES string of the molecule is N#C[C@@H]1CC[C@H]1c1cc(NC(=O)N2C3CC2CC(C(F)(F)F)C3)ccc1C(F)(F)F. The highest BCUT2D eigenvalue weighted by atomic mass is 19.4. The van der Waals surface area contributed by atoms with Crippen molar-refractivity contribution in [3.63, 3.8) is 0 Å². The van der Waals surface area contributed by atoms with Gasteiger partial charge in [0.1, 0.15) is 0 Å². The highest BCUT2D eigenvalue weighted by Gasteiger charge is 2.54. The maximum absolute atomic E-state index is 13.4. The molecule has 4 rings (SSSR count). The number of likely N-dealkylation sites (tertiary alicyclic amines) is 1. The number of fused-ring (bicyclic) bond motifs is 2. The number of hydrogen-bond donors (Lipinski definition) is 1. The number of nitrogens with zero attached hydrogens (tertiary/aromatic N) is 2. The van der Waals surface area contributed by atoms with Crippen molar-refractivity contribution in [3.8, 4) is 6.07 Å². The van der Waals surface area contributed by atoms with Crippen LogP contribution in [0.4, 0.5) is 36.8 Å². The van der Waals surface area contributed by atoms with Crippen LogP contribution in [-0.4, -0.2) is 29.2 Å². The van der Waals surface area contributed by atoms with E-state index < -0.39 is 53.8 Å². The zero-order valence-corrected chi connectivity index (χ0v) is 15.7. The van der Waals surface area contributed by atoms with Gasteiger partial charge in [-0.1, -0.05) is 0 Å². The van der Waals surface area contributed by atoms with Gasteiger partial charge in [-0.3, -0.25) is 0 Å². The van der Waals surface area contributed by atoms with Crippen molar-refractivity contribution in [3.05, 3.63) is 29.3 Å². The summed E-state index contributed by atoms with van der Waals surface area (Å²) in [6.07, 6.45) is -7.71. The average Bonchev–Trinajstić information content (AvgIpc) is 2.59. The Labute approximate surface area is 168 Å². The third-order valence-electron chi connectivity index (χ3n) is 6.59. The fourth-order valence-corrected chi connectivity index (χ4v) is 4.89. The van der Waals surface area contributed by atoms with Crippen LogP contribution in [0.2, 0.25) is 0 Å². The molecule has 2 unspecified atom stereocenters. The second-order valence-electron chi connectivity index (χ2n) is 8.31. The van der Waals surface area contributed by atoms with E-state index in [-0.39, 0.29) is 24.1 Å². The number of halogens is 6. The first-order valence-electron chi connectivity index (χ1n) is 9.76. The van der Waals surface area contributed by atoms with Crippen LogP contribution in [0.3, 0.4) is 0 Å². The van der Waals surface area contributed by atoms with E-state index >= 15 is 0 Å². The smallest absolute Gasteiger partial charge is 0.318 e. The normalized spacial score (nSPS) is 30.7. The zero-order chi connectivity index (χ0) is 21.8. The summed E-state index contributed by atoms with van der Waals surface area (Å²) in [5.41, 5.74) is -0.720. The van der Waals surface area contributed by atoms with E-state index in [4.69, 9.17) is 5.26 Å². The number of alkyl halides is 6. The first-order chi connectivity index (χ1) is 14.0. The maximum atomic E-state index is 13.4. The molecule has 2 saturated carbocycles. The molecule has 3 aliphatic rings. The Morgan fingerprint density at radius 1 is 1.07 bits per heavy atom. The van der Waals surface area contributed by atoms with Gasteiger partial charge in [-0.15, -0.1) is 0 Å². The number of anilines is 1. The second kappa shape index (κ2) is 7.06. The maximum Gasteiger partial charge on any atom is 0.416 e. The topological polar surface area (TPSA) is 56.1 Å². The van der Waals surface area contributed by atoms with Crippen molar-refractivity contribution in [1.82, 2.24) is 4.90 Å². The Hall–Kier alpha value is -2.44. The number of amides is 2. The highest BCUT2D eigenvalue weighted by molar-refractivity contribution is 5.90. The molecular weight excluding hydrogens is 412 g/mol. The van der Waals surface area contributed by atoms with Gasteiger partial charge in [-0.05, 0) is 55.9 Å². The molecule has 1 saturated heterocycles. The summed E-state index contributed by atoms with van der Waals surface area (Å²) in [5.74, 6) is -2.49. The minimum absolute atomic E-state index is 0.0287. The molecule has 0 radical (unpaired) electrons. The number of rotatable bonds is 2. The van der Waals surface area contributed by atoms with Gasteiger partial charge in [0.2, 0.25) is 0 Å². The van der Waals surface area contributed by atoms with E-state index in [1.54, 1.807) is 0 Å². The van der Waals surface area contributed by atoms with Crippen LogP contribution in [0.25, 0.3) is 0 Å². The van der Waals surface area contributed by atoms with Gasteiger partial charge in [0.05, 0.1) is 23.5 Å². The summed E-state index contributed by atoms with van der Waals surface area (Å²) in [4.78, 5) is 14.0. The molecule has 1 aliphatic heterocycles. The number of carbonyl (C=O) groups excluding carboxylic acids is 1. The second-order valence-corrected chi connectivity index (χ2v) is 8.31. The number of urea groups is 1. The quantitative estimate of drug-likeness (QED) is 0.614. The number of nitriles is 1. The lowest BCUT2D eigenvalue weighted by Crippen LogP contribution is -2.65. The monoisotopic (exact) mass is 431 g/mol. The molecule has 1 aromatic carbocycles. The molecule has 30 heavy (non-hydrogen) atoms. The largest absolute Gasteiger partial charge is 0.416 e. The zero-order valence-electron chi connectivity index (χ0n) is 15.7. The van der Waals surface area contributed by atoms with Gasteiger partial charge < -0.3 is 10.2 Å². The molecule has 2 aliphatic carbocycles. The first kappa shape index (κ1) is 20.8. The Balaban J connectivity index is 1.50. The Morgan fingerprint density at radius 3 is 2.23 bits per heavy atom. The lowest BCUT2D eigenvalue weighted by molar-refractivity contribution is -0.205. The van der Waals surface area contributed by atoms with Crippen LogP contribution in [0, 0.1) is 23.2 Å². The van der Waals surface area contributed by atoms with Gasteiger partial charge >= 0.3 is 18.4 Å². The van der Waals surface area contributed by atoms with E-state index in [1.807, 2.05) is 6.07 Å². The molecule has 3 fully saturated rings. The Kier molecular flexibility index (Phi) is 4.90. The minimum atomic E-state index is -4.59. The van der Waals surface area contributed by atoms with Crippen LogP contribution in [0.1, 0.15) is 49.1 Å². The van der Waals surface area contributed by atoms with E-state index in [0.29, 0.717) is 19.3 Å². The van der Waals surface area contributed by atoms with Crippen LogP contribution >= 0.6 is 0 Å². The van der Waals surface area contributed by atoms with E-state index in [1.165, 1.54) is 11.0 Å². The molecule has 1 heterocycles. The molecule has 10 heteroatoms. The Morgan fingerprint density at radius 2 is 1.73 bits per heavy atom. The summed E-state index contributed by atoms with van der Waals surface area (Å²) in [7, 11) is 0. The van der Waals surface area contributed by atoms with Gasteiger partial charge in [0.15, 0.2) is 0 Å². The van der Waals surface area contributed by atoms with Crippen molar-refractivity contribution < 1.29 is 31.1 Å². The average molecular weight is 431 g/mol. The fourth-order valence-electron chi connectivity index (χ4n) is 4.89. The predicted molar refractivity (Wildman–Crippen MR) is 94.4 cm³/mol. The first-order valence-corrected chi connectivity index (χ1v) is 9.76. The number of carbonyl (C=O) groups is 1. The van der Waals surface area contributed by atoms with Gasteiger partial charge in [-0.25, -0.2) is 4.79 Å². The molecule has 4 nitrogen and oxygen atoms in total. The molecule has 1 N–H and O–H groups in total. The molecule has 0 aromatic heterocycles. The predicted octanol–water partition coefficient (Wildman–Crippen LogP) is 5.67. The minimum Gasteiger partial charge on any atom is -0.318 e. The standard InChI is InChI=1S/C20H19F6N3O/c21-19(22,23)11-5-13-8-14(6-11)29(13)18(30)28-12-2-4-17(20(24,25)26)16(7-12)15-3-1-10(15)9-27/h2,4,7,10-11,13-15H,1,3,5-6,8H2,(H,28,30)/t10-,11?,13?,14?,15+/m0/s1. The summed E-state index contributed by atoms with van der Waals surface area (Å²) in [5, 5.41) is 11.7. The third-order valence-corrected chi connectivity index (χ3v) is 6.59. The van der Waals surface area contributed by atoms with Gasteiger partial charge in [0.25, 0.3) is 0 Å². The molecule has 162 valence electrons. The highest BCUT2D eigenvalue weighted by Crippen LogP contribution is 2.49. The number of piperidine rings is 1. The van der Waals surface area contributed by atoms with Crippen molar-refractivity contribution in [1.29, 1.82) is 5.26 Å².